The van der Waals surface area contributed by atoms with E-state index in [2.05, 4.69) is 26.6 Å². The first-order valence-corrected chi connectivity index (χ1v) is 7.25. The number of hydrogen-bond donors (Lipinski definition) is 2. The van der Waals surface area contributed by atoms with Gasteiger partial charge in [0.1, 0.15) is 0 Å². The van der Waals surface area contributed by atoms with E-state index in [0.717, 1.165) is 19.2 Å². The normalized spacial score (nSPS) is 16.8. The highest BCUT2D eigenvalue weighted by molar-refractivity contribution is 9.10. The molecule has 116 valence electrons. The Balaban J connectivity index is 2.06. The van der Waals surface area contributed by atoms with Gasteiger partial charge in [-0.1, -0.05) is 15.9 Å². The Bertz CT molecular complexity index is 516. The second kappa shape index (κ2) is 6.76. The summed E-state index contributed by atoms with van der Waals surface area (Å²) in [7, 11) is 0. The fourth-order valence-electron chi connectivity index (χ4n) is 2.12. The number of nitrogens with zero attached hydrogens (tertiary/aromatic N) is 1. The predicted molar refractivity (Wildman–Crippen MR) is 77.1 cm³/mol. The Kier molecular flexibility index (Phi) is 5.23. The zero-order valence-corrected chi connectivity index (χ0v) is 12.7. The topological polar surface area (TPSA) is 44.4 Å². The van der Waals surface area contributed by atoms with Crippen LogP contribution in [-0.2, 0) is 11.0 Å². The molecule has 0 bridgehead atoms. The van der Waals surface area contributed by atoms with Crippen LogP contribution in [0.1, 0.15) is 5.56 Å². The molecule has 1 aromatic rings. The predicted octanol–water partition coefficient (Wildman–Crippen LogP) is 2.31. The Labute approximate surface area is 128 Å². The molecular weight excluding hydrogens is 351 g/mol. The molecule has 1 saturated heterocycles. The summed E-state index contributed by atoms with van der Waals surface area (Å²) >= 11 is 3.01. The van der Waals surface area contributed by atoms with Crippen LogP contribution in [0, 0.1) is 0 Å². The van der Waals surface area contributed by atoms with Crippen LogP contribution in [0.4, 0.5) is 18.9 Å². The Morgan fingerprint density at radius 3 is 2.62 bits per heavy atom. The summed E-state index contributed by atoms with van der Waals surface area (Å²) in [6, 6.07) is 3.68. The number of amides is 1. The number of halogens is 4. The second-order valence-corrected chi connectivity index (χ2v) is 5.68. The van der Waals surface area contributed by atoms with Crippen LogP contribution in [-0.4, -0.2) is 43.5 Å². The third-order valence-corrected chi connectivity index (χ3v) is 3.63. The number of hydrogen-bond acceptors (Lipinski definition) is 3. The van der Waals surface area contributed by atoms with Gasteiger partial charge < -0.3 is 10.6 Å². The van der Waals surface area contributed by atoms with E-state index >= 15 is 0 Å². The van der Waals surface area contributed by atoms with Crippen molar-refractivity contribution in [2.24, 2.45) is 0 Å². The molecule has 1 heterocycles. The smallest absolute Gasteiger partial charge is 0.324 e. The Morgan fingerprint density at radius 2 is 2.00 bits per heavy atom. The van der Waals surface area contributed by atoms with Crippen LogP contribution < -0.4 is 10.6 Å². The summed E-state index contributed by atoms with van der Waals surface area (Å²) in [5.74, 6) is -0.440. The molecule has 1 fully saturated rings. The maximum absolute atomic E-state index is 12.9. The zero-order valence-electron chi connectivity index (χ0n) is 11.1. The first-order valence-electron chi connectivity index (χ1n) is 6.46. The highest BCUT2D eigenvalue weighted by Gasteiger charge is 2.34. The van der Waals surface area contributed by atoms with E-state index in [1.807, 2.05) is 4.90 Å². The number of carbonyl (C=O) groups is 1. The van der Waals surface area contributed by atoms with E-state index in [-0.39, 0.29) is 12.2 Å². The number of nitrogens with one attached hydrogen (secondary N) is 2. The van der Waals surface area contributed by atoms with E-state index in [1.54, 1.807) is 0 Å². The molecular formula is C13H15BrF3N3O. The maximum Gasteiger partial charge on any atom is 0.418 e. The quantitative estimate of drug-likeness (QED) is 0.863. The average Bonchev–Trinajstić information content (AvgIpc) is 2.40. The molecule has 2 N–H and O–H groups in total. The molecule has 21 heavy (non-hydrogen) atoms. The third-order valence-electron chi connectivity index (χ3n) is 3.14. The second-order valence-electron chi connectivity index (χ2n) is 4.76. The van der Waals surface area contributed by atoms with Crippen LogP contribution >= 0.6 is 15.9 Å². The molecule has 2 rings (SSSR count). The number of anilines is 1. The minimum atomic E-state index is -4.51. The van der Waals surface area contributed by atoms with Crippen LogP contribution in [0.5, 0.6) is 0 Å². The van der Waals surface area contributed by atoms with Crippen molar-refractivity contribution in [3.63, 3.8) is 0 Å². The molecule has 8 heteroatoms. The molecule has 1 aliphatic heterocycles. The van der Waals surface area contributed by atoms with Crippen LogP contribution in [0.3, 0.4) is 0 Å². The van der Waals surface area contributed by atoms with E-state index < -0.39 is 17.6 Å². The Hall–Kier alpha value is -1.12. The molecule has 4 nitrogen and oxygen atoms in total. The van der Waals surface area contributed by atoms with Gasteiger partial charge >= 0.3 is 6.18 Å². The minimum Gasteiger partial charge on any atom is -0.324 e. The molecule has 1 amide bonds. The van der Waals surface area contributed by atoms with Gasteiger partial charge in [-0.15, -0.1) is 0 Å². The number of alkyl halides is 3. The monoisotopic (exact) mass is 365 g/mol. The number of piperazine rings is 1. The van der Waals surface area contributed by atoms with Crippen molar-refractivity contribution in [2.75, 3.05) is 38.0 Å². The average molecular weight is 366 g/mol. The number of rotatable bonds is 3. The maximum atomic E-state index is 12.9. The van der Waals surface area contributed by atoms with Crippen molar-refractivity contribution in [2.45, 2.75) is 6.18 Å². The van der Waals surface area contributed by atoms with Crippen molar-refractivity contribution in [3.05, 3.63) is 28.2 Å². The van der Waals surface area contributed by atoms with Gasteiger partial charge in [0.15, 0.2) is 0 Å². The zero-order chi connectivity index (χ0) is 15.5. The van der Waals surface area contributed by atoms with Gasteiger partial charge in [-0.05, 0) is 18.2 Å². The van der Waals surface area contributed by atoms with Crippen molar-refractivity contribution < 1.29 is 18.0 Å². The first kappa shape index (κ1) is 16.3. The SMILES string of the molecule is O=C(CN1CCNCC1)Nc1ccc(Br)cc1C(F)(F)F. The van der Waals surface area contributed by atoms with Crippen LogP contribution in [0.25, 0.3) is 0 Å². The van der Waals surface area contributed by atoms with E-state index in [4.69, 9.17) is 0 Å². The molecule has 0 spiro atoms. The standard InChI is InChI=1S/C13H15BrF3N3O/c14-9-1-2-11(10(7-9)13(15,16)17)19-12(21)8-20-5-3-18-4-6-20/h1-2,7,18H,3-6,8H2,(H,19,21). The summed E-state index contributed by atoms with van der Waals surface area (Å²) in [5, 5.41) is 5.50. The molecule has 1 aromatic carbocycles. The lowest BCUT2D eigenvalue weighted by molar-refractivity contribution is -0.137. The lowest BCUT2D eigenvalue weighted by Crippen LogP contribution is -2.46. The van der Waals surface area contributed by atoms with Crippen molar-refractivity contribution in [1.82, 2.24) is 10.2 Å². The summed E-state index contributed by atoms with van der Waals surface area (Å²) in [6.07, 6.45) is -4.51. The van der Waals surface area contributed by atoms with E-state index in [1.165, 1.54) is 12.1 Å². The Morgan fingerprint density at radius 1 is 1.33 bits per heavy atom. The fraction of sp³-hybridized carbons (Fsp3) is 0.462. The molecule has 0 saturated carbocycles. The van der Waals surface area contributed by atoms with Gasteiger partial charge in [-0.2, -0.15) is 13.2 Å². The van der Waals surface area contributed by atoms with Crippen molar-refractivity contribution in [3.8, 4) is 0 Å². The van der Waals surface area contributed by atoms with Gasteiger partial charge in [0.2, 0.25) is 5.91 Å². The molecule has 0 radical (unpaired) electrons. The van der Waals surface area contributed by atoms with Gasteiger partial charge in [0.25, 0.3) is 0 Å². The van der Waals surface area contributed by atoms with Crippen LogP contribution in [0.2, 0.25) is 0 Å². The molecule has 0 atom stereocenters. The van der Waals surface area contributed by atoms with Crippen molar-refractivity contribution >= 4 is 27.5 Å². The molecule has 0 aliphatic carbocycles. The minimum absolute atomic E-state index is 0.0923. The van der Waals surface area contributed by atoms with Gasteiger partial charge in [-0.3, -0.25) is 9.69 Å². The summed E-state index contributed by atoms with van der Waals surface area (Å²) in [6.45, 7) is 3.06. The highest BCUT2D eigenvalue weighted by Crippen LogP contribution is 2.36. The summed E-state index contributed by atoms with van der Waals surface area (Å²) in [5.41, 5.74) is -1.07. The molecule has 1 aliphatic rings. The lowest BCUT2D eigenvalue weighted by Gasteiger charge is -2.26. The number of benzene rings is 1. The summed E-state index contributed by atoms with van der Waals surface area (Å²) in [4.78, 5) is 13.8. The van der Waals surface area contributed by atoms with Crippen LogP contribution in [0.15, 0.2) is 22.7 Å². The highest BCUT2D eigenvalue weighted by atomic mass is 79.9. The number of carbonyl (C=O) groups excluding carboxylic acids is 1. The van der Waals surface area contributed by atoms with Gasteiger partial charge in [0, 0.05) is 30.7 Å². The van der Waals surface area contributed by atoms with Gasteiger partial charge in [-0.25, -0.2) is 0 Å². The summed E-state index contributed by atoms with van der Waals surface area (Å²) < 4.78 is 39.2. The first-order chi connectivity index (χ1) is 9.86. The van der Waals surface area contributed by atoms with Gasteiger partial charge in [0.05, 0.1) is 17.8 Å². The van der Waals surface area contributed by atoms with E-state index in [0.29, 0.717) is 17.6 Å². The molecule has 0 aromatic heterocycles. The lowest BCUT2D eigenvalue weighted by atomic mass is 10.1. The molecule has 0 unspecified atom stereocenters. The third kappa shape index (κ3) is 4.69. The van der Waals surface area contributed by atoms with Crippen molar-refractivity contribution in [1.29, 1.82) is 0 Å². The van der Waals surface area contributed by atoms with E-state index in [9.17, 15) is 18.0 Å². The fourth-order valence-corrected chi connectivity index (χ4v) is 2.48. The largest absolute Gasteiger partial charge is 0.418 e.